The summed E-state index contributed by atoms with van der Waals surface area (Å²) in [6, 6.07) is 7.47. The van der Waals surface area contributed by atoms with Crippen molar-refractivity contribution in [2.45, 2.75) is 27.2 Å². The number of hydrogen-bond acceptors (Lipinski definition) is 4. The number of aromatic nitrogens is 2. The third-order valence-electron chi connectivity index (χ3n) is 3.51. The van der Waals surface area contributed by atoms with Gasteiger partial charge in [-0.05, 0) is 50.1 Å². The number of H-pyrrole nitrogens is 1. The predicted molar refractivity (Wildman–Crippen MR) is 85.4 cm³/mol. The predicted octanol–water partition coefficient (Wildman–Crippen LogP) is 2.44. The van der Waals surface area contributed by atoms with Gasteiger partial charge in [-0.15, -0.1) is 0 Å². The molecule has 0 spiro atoms. The number of aryl methyl sites for hydroxylation is 1. The molecule has 0 aliphatic heterocycles. The molecule has 0 aliphatic carbocycles. The van der Waals surface area contributed by atoms with Crippen molar-refractivity contribution in [3.05, 3.63) is 46.8 Å². The second-order valence-corrected chi connectivity index (χ2v) is 4.90. The van der Waals surface area contributed by atoms with Crippen LogP contribution in [0.2, 0.25) is 0 Å². The summed E-state index contributed by atoms with van der Waals surface area (Å²) < 4.78 is 5.11. The molecule has 6 nitrogen and oxygen atoms in total. The summed E-state index contributed by atoms with van der Waals surface area (Å²) in [5.41, 5.74) is 6.35. The van der Waals surface area contributed by atoms with Gasteiger partial charge in [-0.25, -0.2) is 5.43 Å². The number of methoxy groups -OCH3 is 1. The number of nitrogens with zero attached hydrogens (tertiary/aromatic N) is 2. The number of amides is 1. The van der Waals surface area contributed by atoms with Gasteiger partial charge in [-0.2, -0.15) is 10.2 Å². The monoisotopic (exact) mass is 300 g/mol. The van der Waals surface area contributed by atoms with E-state index in [1.807, 2.05) is 45.0 Å². The lowest BCUT2D eigenvalue weighted by Crippen LogP contribution is -2.20. The van der Waals surface area contributed by atoms with Crippen molar-refractivity contribution < 1.29 is 9.53 Å². The van der Waals surface area contributed by atoms with Crippen LogP contribution >= 0.6 is 0 Å². The molecule has 2 N–H and O–H groups in total. The second-order valence-electron chi connectivity index (χ2n) is 4.90. The van der Waals surface area contributed by atoms with E-state index in [1.165, 1.54) is 0 Å². The van der Waals surface area contributed by atoms with Crippen LogP contribution in [0, 0.1) is 6.92 Å². The van der Waals surface area contributed by atoms with E-state index >= 15 is 0 Å². The van der Waals surface area contributed by atoms with Crippen LogP contribution in [0.3, 0.4) is 0 Å². The number of carbonyl (C=O) groups is 1. The molecular weight excluding hydrogens is 280 g/mol. The zero-order valence-corrected chi connectivity index (χ0v) is 13.2. The van der Waals surface area contributed by atoms with Crippen LogP contribution in [-0.2, 0) is 6.42 Å². The summed E-state index contributed by atoms with van der Waals surface area (Å²) in [6.45, 7) is 5.71. The van der Waals surface area contributed by atoms with Crippen LogP contribution in [0.4, 0.5) is 0 Å². The Labute approximate surface area is 129 Å². The van der Waals surface area contributed by atoms with E-state index < -0.39 is 0 Å². The number of benzene rings is 1. The highest BCUT2D eigenvalue weighted by Crippen LogP contribution is 2.12. The molecule has 0 atom stereocenters. The van der Waals surface area contributed by atoms with Crippen molar-refractivity contribution >= 4 is 11.6 Å². The third kappa shape index (κ3) is 3.33. The summed E-state index contributed by atoms with van der Waals surface area (Å²) >= 11 is 0. The topological polar surface area (TPSA) is 79.4 Å². The lowest BCUT2D eigenvalue weighted by atomic mass is 10.1. The molecule has 1 amide bonds. The van der Waals surface area contributed by atoms with E-state index in [0.717, 1.165) is 29.0 Å². The first-order valence-corrected chi connectivity index (χ1v) is 7.09. The van der Waals surface area contributed by atoms with Crippen LogP contribution in [0.25, 0.3) is 0 Å². The van der Waals surface area contributed by atoms with Crippen molar-refractivity contribution in [1.82, 2.24) is 15.6 Å². The normalized spacial score (nSPS) is 11.4. The number of rotatable bonds is 5. The number of carbonyl (C=O) groups excluding carboxylic acids is 1. The van der Waals surface area contributed by atoms with Gasteiger partial charge in [0.15, 0.2) is 5.69 Å². The molecule has 0 aliphatic rings. The van der Waals surface area contributed by atoms with Gasteiger partial charge in [-0.1, -0.05) is 6.92 Å². The minimum absolute atomic E-state index is 0.318. The Hall–Kier alpha value is -2.63. The van der Waals surface area contributed by atoms with Crippen molar-refractivity contribution in [3.63, 3.8) is 0 Å². The highest BCUT2D eigenvalue weighted by molar-refractivity contribution is 6.00. The molecule has 0 radical (unpaired) electrons. The number of ether oxygens (including phenoxy) is 1. The minimum atomic E-state index is -0.318. The van der Waals surface area contributed by atoms with Crippen molar-refractivity contribution in [1.29, 1.82) is 0 Å². The Morgan fingerprint density at radius 2 is 2.05 bits per heavy atom. The third-order valence-corrected chi connectivity index (χ3v) is 3.51. The van der Waals surface area contributed by atoms with E-state index in [2.05, 4.69) is 20.7 Å². The summed E-state index contributed by atoms with van der Waals surface area (Å²) in [6.07, 6.45) is 0.806. The molecule has 0 bridgehead atoms. The largest absolute Gasteiger partial charge is 0.497 e. The Bertz CT molecular complexity index is 687. The number of hydrogen-bond donors (Lipinski definition) is 2. The van der Waals surface area contributed by atoms with Crippen LogP contribution < -0.4 is 10.2 Å². The van der Waals surface area contributed by atoms with Crippen LogP contribution in [0.5, 0.6) is 5.75 Å². The fourth-order valence-corrected chi connectivity index (χ4v) is 2.08. The Morgan fingerprint density at radius 1 is 1.36 bits per heavy atom. The SMILES string of the molecule is CCc1[nH]nc(C(=O)NN=C(C)c2ccc(OC)cc2)c1C. The molecular formula is C16H20N4O2. The molecule has 1 aromatic heterocycles. The van der Waals surface area contributed by atoms with E-state index in [4.69, 9.17) is 4.74 Å². The molecule has 2 aromatic rings. The van der Waals surface area contributed by atoms with Crippen LogP contribution in [0.1, 0.15) is 41.2 Å². The first-order valence-electron chi connectivity index (χ1n) is 7.09. The maximum absolute atomic E-state index is 12.1. The Kier molecular flexibility index (Phi) is 4.93. The van der Waals surface area contributed by atoms with Gasteiger partial charge in [0.1, 0.15) is 5.75 Å². The Balaban J connectivity index is 2.09. The maximum atomic E-state index is 12.1. The van der Waals surface area contributed by atoms with E-state index in [0.29, 0.717) is 11.4 Å². The number of hydrazone groups is 1. The summed E-state index contributed by atoms with van der Waals surface area (Å²) in [4.78, 5) is 12.1. The molecule has 0 unspecified atom stereocenters. The number of aromatic amines is 1. The first-order chi connectivity index (χ1) is 10.6. The maximum Gasteiger partial charge on any atom is 0.292 e. The van der Waals surface area contributed by atoms with Gasteiger partial charge < -0.3 is 4.74 Å². The van der Waals surface area contributed by atoms with Crippen molar-refractivity contribution in [2.75, 3.05) is 7.11 Å². The molecule has 0 saturated heterocycles. The van der Waals surface area contributed by atoms with E-state index in [9.17, 15) is 4.79 Å². The lowest BCUT2D eigenvalue weighted by Gasteiger charge is -2.04. The lowest BCUT2D eigenvalue weighted by molar-refractivity contribution is 0.0949. The zero-order chi connectivity index (χ0) is 16.1. The second kappa shape index (κ2) is 6.89. The van der Waals surface area contributed by atoms with Gasteiger partial charge in [-0.3, -0.25) is 9.89 Å². The fraction of sp³-hybridized carbons (Fsp3) is 0.312. The summed E-state index contributed by atoms with van der Waals surface area (Å²) in [5.74, 6) is 0.459. The highest BCUT2D eigenvalue weighted by Gasteiger charge is 2.14. The minimum Gasteiger partial charge on any atom is -0.497 e. The molecule has 0 saturated carbocycles. The molecule has 2 rings (SSSR count). The fourth-order valence-electron chi connectivity index (χ4n) is 2.08. The molecule has 1 aromatic carbocycles. The van der Waals surface area contributed by atoms with E-state index in [1.54, 1.807) is 7.11 Å². The quantitative estimate of drug-likeness (QED) is 0.657. The standard InChI is InChI=1S/C16H20N4O2/c1-5-14-10(2)15(19-18-14)16(21)20-17-11(3)12-6-8-13(22-4)9-7-12/h6-9H,5H2,1-4H3,(H,18,19)(H,20,21). The van der Waals surface area contributed by atoms with Gasteiger partial charge in [0.25, 0.3) is 5.91 Å². The van der Waals surface area contributed by atoms with Crippen LogP contribution in [-0.4, -0.2) is 28.9 Å². The molecule has 0 fully saturated rings. The number of nitrogens with one attached hydrogen (secondary N) is 2. The molecule has 6 heteroatoms. The van der Waals surface area contributed by atoms with Gasteiger partial charge >= 0.3 is 0 Å². The van der Waals surface area contributed by atoms with Gasteiger partial charge in [0.05, 0.1) is 12.8 Å². The van der Waals surface area contributed by atoms with Crippen molar-refractivity contribution in [3.8, 4) is 5.75 Å². The zero-order valence-electron chi connectivity index (χ0n) is 13.2. The summed E-state index contributed by atoms with van der Waals surface area (Å²) in [5, 5.41) is 11.0. The smallest absolute Gasteiger partial charge is 0.292 e. The molecule has 22 heavy (non-hydrogen) atoms. The van der Waals surface area contributed by atoms with Crippen LogP contribution in [0.15, 0.2) is 29.4 Å². The van der Waals surface area contributed by atoms with Gasteiger partial charge in [0, 0.05) is 11.3 Å². The highest BCUT2D eigenvalue weighted by atomic mass is 16.5. The molecule has 1 heterocycles. The summed E-state index contributed by atoms with van der Waals surface area (Å²) in [7, 11) is 1.62. The average molecular weight is 300 g/mol. The Morgan fingerprint density at radius 3 is 2.59 bits per heavy atom. The first kappa shape index (κ1) is 15.8. The van der Waals surface area contributed by atoms with E-state index in [-0.39, 0.29) is 5.91 Å². The molecule has 116 valence electrons. The average Bonchev–Trinajstić information content (AvgIpc) is 2.93. The van der Waals surface area contributed by atoms with Crippen molar-refractivity contribution in [2.24, 2.45) is 5.10 Å². The van der Waals surface area contributed by atoms with Gasteiger partial charge in [0.2, 0.25) is 0 Å².